The van der Waals surface area contributed by atoms with Crippen LogP contribution in [0.5, 0.6) is 0 Å². The quantitative estimate of drug-likeness (QED) is 0.857. The maximum absolute atomic E-state index is 12.8. The van der Waals surface area contributed by atoms with Crippen LogP contribution >= 0.6 is 0 Å². The standard InChI is InChI=1S/C16H12F3NO/c17-16(18,19)13-6-3-5-12(10-13)14-7-2-1-4-11(14)8-9-15(20)21/h1-10H,(H2,20,21)/b9-8-. The minimum Gasteiger partial charge on any atom is -0.366 e. The van der Waals surface area contributed by atoms with Gasteiger partial charge in [0, 0.05) is 6.08 Å². The summed E-state index contributed by atoms with van der Waals surface area (Å²) >= 11 is 0. The molecule has 0 bridgehead atoms. The minimum absolute atomic E-state index is 0.426. The van der Waals surface area contributed by atoms with Gasteiger partial charge in [0.1, 0.15) is 0 Å². The van der Waals surface area contributed by atoms with Crippen molar-refractivity contribution >= 4 is 12.0 Å². The highest BCUT2D eigenvalue weighted by molar-refractivity contribution is 5.91. The summed E-state index contributed by atoms with van der Waals surface area (Å²) in [7, 11) is 0. The van der Waals surface area contributed by atoms with Crippen LogP contribution in [-0.4, -0.2) is 5.91 Å². The molecule has 2 aromatic rings. The molecule has 2 nitrogen and oxygen atoms in total. The number of halogens is 3. The Morgan fingerprint density at radius 3 is 2.43 bits per heavy atom. The first-order valence-electron chi connectivity index (χ1n) is 6.12. The summed E-state index contributed by atoms with van der Waals surface area (Å²) in [5.74, 6) is -0.617. The van der Waals surface area contributed by atoms with Gasteiger partial charge in [-0.2, -0.15) is 13.2 Å². The lowest BCUT2D eigenvalue weighted by atomic mass is 9.97. The Morgan fingerprint density at radius 2 is 1.76 bits per heavy atom. The molecule has 21 heavy (non-hydrogen) atoms. The molecule has 0 heterocycles. The summed E-state index contributed by atoms with van der Waals surface area (Å²) in [6.07, 6.45) is -1.74. The van der Waals surface area contributed by atoms with Crippen molar-refractivity contribution in [1.29, 1.82) is 0 Å². The molecule has 108 valence electrons. The van der Waals surface area contributed by atoms with Crippen LogP contribution in [0, 0.1) is 0 Å². The monoisotopic (exact) mass is 291 g/mol. The molecular weight excluding hydrogens is 279 g/mol. The van der Waals surface area contributed by atoms with Gasteiger partial charge in [-0.15, -0.1) is 0 Å². The van der Waals surface area contributed by atoms with Crippen molar-refractivity contribution in [2.75, 3.05) is 0 Å². The highest BCUT2D eigenvalue weighted by atomic mass is 19.4. The molecule has 2 rings (SSSR count). The number of hydrogen-bond acceptors (Lipinski definition) is 1. The SMILES string of the molecule is NC(=O)/C=C\c1ccccc1-c1cccc(C(F)(F)F)c1. The van der Waals surface area contributed by atoms with Crippen LogP contribution in [0.4, 0.5) is 13.2 Å². The molecule has 1 amide bonds. The number of alkyl halides is 3. The van der Waals surface area contributed by atoms with Gasteiger partial charge in [0.25, 0.3) is 0 Å². The lowest BCUT2D eigenvalue weighted by molar-refractivity contribution is -0.137. The summed E-state index contributed by atoms with van der Waals surface area (Å²) < 4.78 is 38.3. The van der Waals surface area contributed by atoms with Gasteiger partial charge in [0.2, 0.25) is 5.91 Å². The Hall–Kier alpha value is -2.56. The molecule has 2 aromatic carbocycles. The Balaban J connectivity index is 2.50. The van der Waals surface area contributed by atoms with Crippen molar-refractivity contribution in [2.24, 2.45) is 5.73 Å². The zero-order valence-electron chi connectivity index (χ0n) is 10.9. The van der Waals surface area contributed by atoms with Crippen LogP contribution in [0.15, 0.2) is 54.6 Å². The van der Waals surface area contributed by atoms with Gasteiger partial charge in [-0.05, 0) is 34.9 Å². The van der Waals surface area contributed by atoms with E-state index >= 15 is 0 Å². The predicted molar refractivity (Wildman–Crippen MR) is 75.1 cm³/mol. The van der Waals surface area contributed by atoms with Gasteiger partial charge < -0.3 is 5.73 Å². The zero-order valence-corrected chi connectivity index (χ0v) is 10.9. The first-order chi connectivity index (χ1) is 9.88. The largest absolute Gasteiger partial charge is 0.416 e. The van der Waals surface area contributed by atoms with E-state index in [1.807, 2.05) is 0 Å². The molecule has 0 aliphatic carbocycles. The highest BCUT2D eigenvalue weighted by Crippen LogP contribution is 2.33. The third-order valence-electron chi connectivity index (χ3n) is 2.89. The number of amides is 1. The first-order valence-corrected chi connectivity index (χ1v) is 6.12. The Labute approximate surface area is 119 Å². The van der Waals surface area contributed by atoms with Gasteiger partial charge in [0.15, 0.2) is 0 Å². The molecule has 0 aromatic heterocycles. The second-order valence-electron chi connectivity index (χ2n) is 4.40. The van der Waals surface area contributed by atoms with Crippen molar-refractivity contribution in [3.8, 4) is 11.1 Å². The van der Waals surface area contributed by atoms with Crippen molar-refractivity contribution in [3.05, 3.63) is 65.7 Å². The van der Waals surface area contributed by atoms with Crippen LogP contribution in [0.25, 0.3) is 17.2 Å². The van der Waals surface area contributed by atoms with Gasteiger partial charge in [-0.3, -0.25) is 4.79 Å². The number of benzene rings is 2. The van der Waals surface area contributed by atoms with Crippen LogP contribution < -0.4 is 5.73 Å². The second kappa shape index (κ2) is 5.83. The van der Waals surface area contributed by atoms with Crippen LogP contribution in [-0.2, 0) is 11.0 Å². The molecule has 0 aliphatic rings. The molecule has 0 spiro atoms. The Kier molecular flexibility index (Phi) is 4.12. The third kappa shape index (κ3) is 3.72. The van der Waals surface area contributed by atoms with E-state index in [9.17, 15) is 18.0 Å². The second-order valence-corrected chi connectivity index (χ2v) is 4.40. The third-order valence-corrected chi connectivity index (χ3v) is 2.89. The van der Waals surface area contributed by atoms with E-state index in [-0.39, 0.29) is 0 Å². The van der Waals surface area contributed by atoms with Crippen molar-refractivity contribution in [1.82, 2.24) is 0 Å². The molecule has 0 aliphatic heterocycles. The maximum Gasteiger partial charge on any atom is 0.416 e. The normalized spacial score (nSPS) is 11.8. The van der Waals surface area contributed by atoms with Gasteiger partial charge in [0.05, 0.1) is 5.56 Å². The predicted octanol–water partition coefficient (Wildman–Crippen LogP) is 3.87. The van der Waals surface area contributed by atoms with Crippen LogP contribution in [0.2, 0.25) is 0 Å². The average Bonchev–Trinajstić information content (AvgIpc) is 2.44. The smallest absolute Gasteiger partial charge is 0.366 e. The highest BCUT2D eigenvalue weighted by Gasteiger charge is 2.30. The summed E-state index contributed by atoms with van der Waals surface area (Å²) in [6.45, 7) is 0. The van der Waals surface area contributed by atoms with E-state index in [0.717, 1.165) is 12.1 Å². The zero-order chi connectivity index (χ0) is 15.5. The number of hydrogen-bond donors (Lipinski definition) is 1. The van der Waals surface area contributed by atoms with Gasteiger partial charge in [-0.1, -0.05) is 36.4 Å². The van der Waals surface area contributed by atoms with Crippen molar-refractivity contribution < 1.29 is 18.0 Å². The lowest BCUT2D eigenvalue weighted by Crippen LogP contribution is -2.05. The van der Waals surface area contributed by atoms with E-state index in [4.69, 9.17) is 5.73 Å². The molecular formula is C16H12F3NO. The Bertz CT molecular complexity index is 690. The van der Waals surface area contributed by atoms with E-state index in [2.05, 4.69) is 0 Å². The molecule has 0 fully saturated rings. The van der Waals surface area contributed by atoms with Gasteiger partial charge >= 0.3 is 6.18 Å². The molecule has 2 N–H and O–H groups in total. The minimum atomic E-state index is -4.39. The average molecular weight is 291 g/mol. The van der Waals surface area contributed by atoms with E-state index in [1.54, 1.807) is 30.3 Å². The lowest BCUT2D eigenvalue weighted by Gasteiger charge is -2.10. The number of primary amides is 1. The van der Waals surface area contributed by atoms with Crippen LogP contribution in [0.3, 0.4) is 0 Å². The molecule has 0 saturated heterocycles. The number of carbonyl (C=O) groups is 1. The van der Waals surface area contributed by atoms with Gasteiger partial charge in [-0.25, -0.2) is 0 Å². The summed E-state index contributed by atoms with van der Waals surface area (Å²) in [4.78, 5) is 10.8. The molecule has 0 unspecified atom stereocenters. The van der Waals surface area contributed by atoms with Crippen LogP contribution in [0.1, 0.15) is 11.1 Å². The van der Waals surface area contributed by atoms with E-state index in [0.29, 0.717) is 16.7 Å². The van der Waals surface area contributed by atoms with E-state index in [1.165, 1.54) is 18.2 Å². The number of nitrogens with two attached hydrogens (primary N) is 1. The molecule has 0 saturated carbocycles. The van der Waals surface area contributed by atoms with Crippen molar-refractivity contribution in [2.45, 2.75) is 6.18 Å². The Morgan fingerprint density at radius 1 is 1.05 bits per heavy atom. The fourth-order valence-corrected chi connectivity index (χ4v) is 1.94. The number of carbonyl (C=O) groups excluding carboxylic acids is 1. The molecule has 5 heteroatoms. The molecule has 0 radical (unpaired) electrons. The molecule has 0 atom stereocenters. The summed E-state index contributed by atoms with van der Waals surface area (Å²) in [5.41, 5.74) is 5.97. The summed E-state index contributed by atoms with van der Waals surface area (Å²) in [5, 5.41) is 0. The van der Waals surface area contributed by atoms with Crippen molar-refractivity contribution in [3.63, 3.8) is 0 Å². The topological polar surface area (TPSA) is 43.1 Å². The number of rotatable bonds is 3. The first kappa shape index (κ1) is 14.8. The van der Waals surface area contributed by atoms with E-state index < -0.39 is 17.6 Å². The fraction of sp³-hybridized carbons (Fsp3) is 0.0625. The maximum atomic E-state index is 12.8. The fourth-order valence-electron chi connectivity index (χ4n) is 1.94. The summed E-state index contributed by atoms with van der Waals surface area (Å²) in [6, 6.07) is 11.9.